The van der Waals surface area contributed by atoms with Gasteiger partial charge in [0.2, 0.25) is 0 Å². The van der Waals surface area contributed by atoms with E-state index in [1.807, 2.05) is 0 Å². The molecule has 0 bridgehead atoms. The average Bonchev–Trinajstić information content (AvgIpc) is 2.39. The maximum absolute atomic E-state index is 12.7. The number of nitrogens with one attached hydrogen (secondary N) is 1. The van der Waals surface area contributed by atoms with E-state index in [0.29, 0.717) is 5.69 Å². The number of rotatable bonds is 7. The molecular formula is C13H15BrF3NO3. The molecule has 8 heteroatoms. The van der Waals surface area contributed by atoms with Crippen LogP contribution in [0.15, 0.2) is 22.7 Å². The van der Waals surface area contributed by atoms with Crippen molar-refractivity contribution in [3.63, 3.8) is 0 Å². The monoisotopic (exact) mass is 369 g/mol. The largest absolute Gasteiger partial charge is 0.464 e. The van der Waals surface area contributed by atoms with Crippen molar-refractivity contribution < 1.29 is 27.4 Å². The molecule has 0 aliphatic rings. The first kappa shape index (κ1) is 17.8. The van der Waals surface area contributed by atoms with Gasteiger partial charge in [-0.3, -0.25) is 0 Å². The molecule has 0 aromatic heterocycles. The molecule has 1 aromatic carbocycles. The van der Waals surface area contributed by atoms with Crippen molar-refractivity contribution in [1.82, 2.24) is 0 Å². The van der Waals surface area contributed by atoms with Crippen molar-refractivity contribution in [2.75, 3.05) is 31.7 Å². The number of hydrogen-bond donors (Lipinski definition) is 1. The number of benzene rings is 1. The molecule has 1 N–H and O–H groups in total. The van der Waals surface area contributed by atoms with E-state index in [4.69, 9.17) is 4.74 Å². The Morgan fingerprint density at radius 2 is 2.10 bits per heavy atom. The fourth-order valence-electron chi connectivity index (χ4n) is 1.48. The predicted octanol–water partition coefficient (Wildman–Crippen LogP) is 3.46. The molecule has 0 heterocycles. The Labute approximate surface area is 128 Å². The molecular weight excluding hydrogens is 355 g/mol. The summed E-state index contributed by atoms with van der Waals surface area (Å²) in [6.45, 7) is 2.24. The Hall–Kier alpha value is -1.28. The summed E-state index contributed by atoms with van der Waals surface area (Å²) in [5, 5.41) is 2.79. The molecule has 0 aliphatic carbocycles. The van der Waals surface area contributed by atoms with E-state index in [1.165, 1.54) is 12.1 Å². The Balaban J connectivity index is 2.41. The summed E-state index contributed by atoms with van der Waals surface area (Å²) >= 11 is 2.87. The van der Waals surface area contributed by atoms with Crippen molar-refractivity contribution in [1.29, 1.82) is 0 Å². The van der Waals surface area contributed by atoms with Gasteiger partial charge in [-0.05, 0) is 25.1 Å². The Morgan fingerprint density at radius 1 is 1.38 bits per heavy atom. The number of ether oxygens (including phenoxy) is 2. The summed E-state index contributed by atoms with van der Waals surface area (Å²) in [4.78, 5) is 11.0. The molecule has 0 amide bonds. The van der Waals surface area contributed by atoms with Gasteiger partial charge >= 0.3 is 12.1 Å². The second-order valence-corrected chi connectivity index (χ2v) is 4.83. The summed E-state index contributed by atoms with van der Waals surface area (Å²) in [6, 6.07) is 3.85. The lowest BCUT2D eigenvalue weighted by Gasteiger charge is -2.12. The van der Waals surface area contributed by atoms with E-state index in [9.17, 15) is 18.0 Å². The van der Waals surface area contributed by atoms with Crippen LogP contribution in [0, 0.1) is 0 Å². The van der Waals surface area contributed by atoms with Crippen molar-refractivity contribution in [3.05, 3.63) is 28.2 Å². The Morgan fingerprint density at radius 3 is 2.71 bits per heavy atom. The van der Waals surface area contributed by atoms with Gasteiger partial charge in [-0.15, -0.1) is 0 Å². The van der Waals surface area contributed by atoms with Crippen molar-refractivity contribution >= 4 is 27.6 Å². The summed E-state index contributed by atoms with van der Waals surface area (Å²) in [5.74, 6) is -0.472. The van der Waals surface area contributed by atoms with Gasteiger partial charge in [0.05, 0.1) is 18.8 Å². The van der Waals surface area contributed by atoms with Crippen LogP contribution < -0.4 is 5.32 Å². The quantitative estimate of drug-likeness (QED) is 0.590. The van der Waals surface area contributed by atoms with E-state index in [1.54, 1.807) is 6.92 Å². The van der Waals surface area contributed by atoms with E-state index in [2.05, 4.69) is 26.0 Å². The Bertz CT molecular complexity index is 480. The van der Waals surface area contributed by atoms with Crippen LogP contribution in [-0.4, -0.2) is 32.3 Å². The molecule has 0 unspecified atom stereocenters. The average molecular weight is 370 g/mol. The molecule has 0 saturated heterocycles. The van der Waals surface area contributed by atoms with E-state index in [0.717, 1.165) is 6.07 Å². The summed E-state index contributed by atoms with van der Waals surface area (Å²) in [7, 11) is 0. The fourth-order valence-corrected chi connectivity index (χ4v) is 1.95. The molecule has 118 valence electrons. The van der Waals surface area contributed by atoms with Gasteiger partial charge in [-0.25, -0.2) is 4.79 Å². The van der Waals surface area contributed by atoms with Crippen LogP contribution in [0.3, 0.4) is 0 Å². The van der Waals surface area contributed by atoms with Gasteiger partial charge in [-0.2, -0.15) is 13.2 Å². The molecule has 4 nitrogen and oxygen atoms in total. The number of halogens is 4. The normalized spacial score (nSPS) is 11.3. The number of anilines is 1. The van der Waals surface area contributed by atoms with Gasteiger partial charge in [-0.1, -0.05) is 15.9 Å². The van der Waals surface area contributed by atoms with Crippen molar-refractivity contribution in [2.24, 2.45) is 0 Å². The highest BCUT2D eigenvalue weighted by Crippen LogP contribution is 2.36. The van der Waals surface area contributed by atoms with Crippen LogP contribution in [0.5, 0.6) is 0 Å². The third-order valence-electron chi connectivity index (χ3n) is 2.37. The maximum Gasteiger partial charge on any atom is 0.417 e. The molecule has 1 rings (SSSR count). The van der Waals surface area contributed by atoms with Crippen molar-refractivity contribution in [2.45, 2.75) is 13.1 Å². The predicted molar refractivity (Wildman–Crippen MR) is 75.1 cm³/mol. The first-order valence-electron chi connectivity index (χ1n) is 6.18. The van der Waals surface area contributed by atoms with Gasteiger partial charge in [0, 0.05) is 16.7 Å². The smallest absolute Gasteiger partial charge is 0.417 e. The van der Waals surface area contributed by atoms with E-state index in [-0.39, 0.29) is 30.8 Å². The molecule has 0 spiro atoms. The van der Waals surface area contributed by atoms with Gasteiger partial charge in [0.25, 0.3) is 0 Å². The number of carbonyl (C=O) groups is 1. The van der Waals surface area contributed by atoms with Gasteiger partial charge in [0.1, 0.15) is 6.61 Å². The number of esters is 1. The van der Waals surface area contributed by atoms with Crippen LogP contribution in [0.1, 0.15) is 12.5 Å². The zero-order valence-electron chi connectivity index (χ0n) is 11.3. The van der Waals surface area contributed by atoms with Crippen LogP contribution in [0.25, 0.3) is 0 Å². The summed E-state index contributed by atoms with van der Waals surface area (Å²) in [5.41, 5.74) is -0.426. The maximum atomic E-state index is 12.7. The SMILES string of the molecule is CCOC(=O)COCCNc1ccc(Br)c(C(F)(F)F)c1. The lowest BCUT2D eigenvalue weighted by atomic mass is 10.2. The minimum Gasteiger partial charge on any atom is -0.464 e. The molecule has 0 radical (unpaired) electrons. The van der Waals surface area contributed by atoms with E-state index >= 15 is 0 Å². The molecule has 1 aromatic rings. The van der Waals surface area contributed by atoms with Crippen LogP contribution in [0.2, 0.25) is 0 Å². The topological polar surface area (TPSA) is 47.6 Å². The highest BCUT2D eigenvalue weighted by molar-refractivity contribution is 9.10. The third kappa shape index (κ3) is 6.34. The number of carbonyl (C=O) groups excluding carboxylic acids is 1. The standard InChI is InChI=1S/C13H15BrF3NO3/c1-2-21-12(19)8-20-6-5-18-9-3-4-11(14)10(7-9)13(15,16)17/h3-4,7,18H,2,5-6,8H2,1H3. The van der Waals surface area contributed by atoms with Crippen LogP contribution in [-0.2, 0) is 20.4 Å². The van der Waals surface area contributed by atoms with Crippen LogP contribution >= 0.6 is 15.9 Å². The lowest BCUT2D eigenvalue weighted by Crippen LogP contribution is -2.17. The first-order valence-corrected chi connectivity index (χ1v) is 6.98. The molecule has 21 heavy (non-hydrogen) atoms. The lowest BCUT2D eigenvalue weighted by molar-refractivity contribution is -0.148. The summed E-state index contributed by atoms with van der Waals surface area (Å²) in [6.07, 6.45) is -4.42. The zero-order chi connectivity index (χ0) is 15.9. The Kier molecular flexibility index (Phi) is 6.97. The molecule has 0 fully saturated rings. The fraction of sp³-hybridized carbons (Fsp3) is 0.462. The zero-order valence-corrected chi connectivity index (χ0v) is 12.9. The highest BCUT2D eigenvalue weighted by Gasteiger charge is 2.33. The second-order valence-electron chi connectivity index (χ2n) is 3.98. The van der Waals surface area contributed by atoms with Gasteiger partial charge in [0.15, 0.2) is 0 Å². The van der Waals surface area contributed by atoms with Gasteiger partial charge < -0.3 is 14.8 Å². The highest BCUT2D eigenvalue weighted by atomic mass is 79.9. The summed E-state index contributed by atoms with van der Waals surface area (Å²) < 4.78 is 47.8. The second kappa shape index (κ2) is 8.23. The van der Waals surface area contributed by atoms with Crippen molar-refractivity contribution in [3.8, 4) is 0 Å². The number of alkyl halides is 3. The van der Waals surface area contributed by atoms with E-state index < -0.39 is 17.7 Å². The minimum atomic E-state index is -4.42. The first-order chi connectivity index (χ1) is 9.84. The molecule has 0 atom stereocenters. The number of hydrogen-bond acceptors (Lipinski definition) is 4. The molecule has 0 aliphatic heterocycles. The third-order valence-corrected chi connectivity index (χ3v) is 3.06. The minimum absolute atomic E-state index is 0.0147. The molecule has 0 saturated carbocycles. The van der Waals surface area contributed by atoms with Crippen LogP contribution in [0.4, 0.5) is 18.9 Å².